The second kappa shape index (κ2) is 10.3. The quantitative estimate of drug-likeness (QED) is 0.594. The molecule has 1 aliphatic rings. The van der Waals surface area contributed by atoms with Gasteiger partial charge in [-0.25, -0.2) is 9.78 Å². The van der Waals surface area contributed by atoms with Crippen LogP contribution in [0.15, 0.2) is 54.6 Å². The van der Waals surface area contributed by atoms with Gasteiger partial charge in [0.15, 0.2) is 5.82 Å². The molecule has 0 aliphatic carbocycles. The van der Waals surface area contributed by atoms with Gasteiger partial charge in [0.1, 0.15) is 5.82 Å². The third-order valence-corrected chi connectivity index (χ3v) is 5.90. The molecule has 0 unspecified atom stereocenters. The van der Waals surface area contributed by atoms with Gasteiger partial charge in [-0.3, -0.25) is 14.3 Å². The van der Waals surface area contributed by atoms with Crippen LogP contribution in [0.4, 0.5) is 10.6 Å². The van der Waals surface area contributed by atoms with Crippen LogP contribution in [0.25, 0.3) is 0 Å². The maximum Gasteiger partial charge on any atom is 0.414 e. The number of aromatic nitrogens is 2. The number of likely N-dealkylation sites (N-methyl/N-ethyl adjacent to an activating group) is 1. The Labute approximate surface area is 194 Å². The lowest BCUT2D eigenvalue weighted by molar-refractivity contribution is -0.117. The third kappa shape index (κ3) is 5.61. The minimum Gasteiger partial charge on any atom is -0.389 e. The molecule has 0 saturated heterocycles. The fraction of sp³-hybridized carbons (Fsp3) is 0.346. The lowest BCUT2D eigenvalue weighted by Crippen LogP contribution is -2.32. The van der Waals surface area contributed by atoms with Gasteiger partial charge >= 0.3 is 6.09 Å². The number of rotatable bonds is 7. The molecule has 1 N–H and O–H groups in total. The summed E-state index contributed by atoms with van der Waals surface area (Å²) in [6.45, 7) is 3.22. The van der Waals surface area contributed by atoms with Gasteiger partial charge in [-0.1, -0.05) is 60.2 Å². The van der Waals surface area contributed by atoms with E-state index in [-0.39, 0.29) is 12.3 Å². The summed E-state index contributed by atoms with van der Waals surface area (Å²) in [6.07, 6.45) is 3.23. The number of ether oxygens (including phenoxy) is 1. The summed E-state index contributed by atoms with van der Waals surface area (Å²) < 4.78 is 7.64. The maximum absolute atomic E-state index is 12.9. The molecular weight excluding hydrogens is 416 g/mol. The standard InChI is InChI=1S/C26H30N4O3/c1-19-11-13-20(14-12-19)15-16-27-26(32)33-25-24(28-22-10-6-7-17-30(22)25)29(2)23(31)18-21-8-4-3-5-9-21/h3-5,8-9,11-14H,6-7,10,15-18H2,1-2H3,(H,27,32). The predicted octanol–water partition coefficient (Wildman–Crippen LogP) is 4.06. The first kappa shape index (κ1) is 22.6. The van der Waals surface area contributed by atoms with Crippen LogP contribution in [0.3, 0.4) is 0 Å². The van der Waals surface area contributed by atoms with E-state index in [0.717, 1.165) is 42.8 Å². The van der Waals surface area contributed by atoms with Gasteiger partial charge in [0, 0.05) is 26.6 Å². The van der Waals surface area contributed by atoms with Crippen molar-refractivity contribution in [1.29, 1.82) is 0 Å². The van der Waals surface area contributed by atoms with Crippen LogP contribution in [-0.4, -0.2) is 35.1 Å². The molecule has 3 aromatic rings. The fourth-order valence-electron chi connectivity index (χ4n) is 3.96. The lowest BCUT2D eigenvalue weighted by Gasteiger charge is -2.18. The van der Waals surface area contributed by atoms with Gasteiger partial charge in [-0.05, 0) is 37.3 Å². The summed E-state index contributed by atoms with van der Waals surface area (Å²) in [7, 11) is 1.68. The zero-order chi connectivity index (χ0) is 23.2. The molecule has 2 amide bonds. The topological polar surface area (TPSA) is 76.5 Å². The average molecular weight is 447 g/mol. The Bertz CT molecular complexity index is 1110. The predicted molar refractivity (Wildman–Crippen MR) is 128 cm³/mol. The van der Waals surface area contributed by atoms with Crippen LogP contribution in [0.1, 0.15) is 35.4 Å². The first-order chi connectivity index (χ1) is 16.0. The Balaban J connectivity index is 1.45. The number of nitrogens with zero attached hydrogens (tertiary/aromatic N) is 3. The molecule has 0 bridgehead atoms. The monoisotopic (exact) mass is 446 g/mol. The lowest BCUT2D eigenvalue weighted by atomic mass is 10.1. The molecule has 7 nitrogen and oxygen atoms in total. The Morgan fingerprint density at radius 1 is 1.06 bits per heavy atom. The van der Waals surface area contributed by atoms with Crippen molar-refractivity contribution >= 4 is 17.8 Å². The molecule has 1 aromatic heterocycles. The Kier molecular flexibility index (Phi) is 7.07. The number of anilines is 1. The van der Waals surface area contributed by atoms with Crippen molar-refractivity contribution in [3.8, 4) is 5.88 Å². The van der Waals surface area contributed by atoms with Gasteiger partial charge in [-0.15, -0.1) is 0 Å². The first-order valence-corrected chi connectivity index (χ1v) is 11.4. The van der Waals surface area contributed by atoms with Crippen LogP contribution >= 0.6 is 0 Å². The van der Waals surface area contributed by atoms with Gasteiger partial charge < -0.3 is 10.1 Å². The molecule has 4 rings (SSSR count). The summed E-state index contributed by atoms with van der Waals surface area (Å²) in [4.78, 5) is 31.7. The SMILES string of the molecule is Cc1ccc(CCNC(=O)Oc2c(N(C)C(=O)Cc3ccccc3)nc3n2CCCC3)cc1. The Morgan fingerprint density at radius 2 is 1.82 bits per heavy atom. The third-order valence-electron chi connectivity index (χ3n) is 5.90. The zero-order valence-corrected chi connectivity index (χ0v) is 19.2. The highest BCUT2D eigenvalue weighted by Gasteiger charge is 2.27. The summed E-state index contributed by atoms with van der Waals surface area (Å²) in [6, 6.07) is 17.8. The number of hydrogen-bond acceptors (Lipinski definition) is 4. The van der Waals surface area contributed by atoms with Crippen LogP contribution < -0.4 is 15.0 Å². The largest absolute Gasteiger partial charge is 0.414 e. The summed E-state index contributed by atoms with van der Waals surface area (Å²) >= 11 is 0. The second-order valence-corrected chi connectivity index (χ2v) is 8.43. The number of amides is 2. The molecule has 2 aromatic carbocycles. The van der Waals surface area contributed by atoms with Crippen molar-refractivity contribution in [3.05, 3.63) is 77.1 Å². The molecule has 1 aliphatic heterocycles. The maximum atomic E-state index is 12.9. The second-order valence-electron chi connectivity index (χ2n) is 8.43. The minimum atomic E-state index is -0.541. The smallest absolute Gasteiger partial charge is 0.389 e. The summed E-state index contributed by atoms with van der Waals surface area (Å²) in [5, 5.41) is 2.82. The summed E-state index contributed by atoms with van der Waals surface area (Å²) in [5.74, 6) is 1.46. The van der Waals surface area contributed by atoms with E-state index in [9.17, 15) is 9.59 Å². The van der Waals surface area contributed by atoms with E-state index in [4.69, 9.17) is 4.74 Å². The number of fused-ring (bicyclic) bond motifs is 1. The molecule has 0 fully saturated rings. The van der Waals surface area contributed by atoms with Crippen LogP contribution in [0.5, 0.6) is 5.88 Å². The van der Waals surface area contributed by atoms with E-state index >= 15 is 0 Å². The van der Waals surface area contributed by atoms with Crippen molar-refractivity contribution in [3.63, 3.8) is 0 Å². The van der Waals surface area contributed by atoms with Gasteiger partial charge in [-0.2, -0.15) is 0 Å². The number of carbonyl (C=O) groups is 2. The van der Waals surface area contributed by atoms with Crippen molar-refractivity contribution in [2.75, 3.05) is 18.5 Å². The van der Waals surface area contributed by atoms with E-state index in [1.165, 1.54) is 10.5 Å². The van der Waals surface area contributed by atoms with E-state index < -0.39 is 6.09 Å². The molecule has 7 heteroatoms. The van der Waals surface area contributed by atoms with Crippen LogP contribution in [0.2, 0.25) is 0 Å². The van der Waals surface area contributed by atoms with E-state index in [1.54, 1.807) is 7.05 Å². The van der Waals surface area contributed by atoms with E-state index in [1.807, 2.05) is 41.8 Å². The molecule has 0 saturated carbocycles. The number of imidazole rings is 1. The molecule has 0 spiro atoms. The normalized spacial score (nSPS) is 12.7. The highest BCUT2D eigenvalue weighted by atomic mass is 16.6. The van der Waals surface area contributed by atoms with Crippen LogP contribution in [-0.2, 0) is 30.6 Å². The number of carbonyl (C=O) groups excluding carboxylic acids is 2. The molecular formula is C26H30N4O3. The fourth-order valence-corrected chi connectivity index (χ4v) is 3.96. The number of nitrogens with one attached hydrogen (secondary N) is 1. The van der Waals surface area contributed by atoms with Gasteiger partial charge in [0.25, 0.3) is 0 Å². The average Bonchev–Trinajstić information content (AvgIpc) is 3.18. The number of hydrogen-bond donors (Lipinski definition) is 1. The first-order valence-electron chi connectivity index (χ1n) is 11.4. The highest BCUT2D eigenvalue weighted by Crippen LogP contribution is 2.32. The molecule has 0 radical (unpaired) electrons. The van der Waals surface area contributed by atoms with Crippen molar-refractivity contribution in [2.24, 2.45) is 0 Å². The Morgan fingerprint density at radius 3 is 2.58 bits per heavy atom. The molecule has 0 atom stereocenters. The van der Waals surface area contributed by atoms with Crippen molar-refractivity contribution < 1.29 is 14.3 Å². The summed E-state index contributed by atoms with van der Waals surface area (Å²) in [5.41, 5.74) is 3.28. The number of benzene rings is 2. The van der Waals surface area contributed by atoms with Gasteiger partial charge in [0.05, 0.1) is 6.42 Å². The molecule has 33 heavy (non-hydrogen) atoms. The Hall–Kier alpha value is -3.61. The van der Waals surface area contributed by atoms with Crippen molar-refractivity contribution in [1.82, 2.24) is 14.9 Å². The van der Waals surface area contributed by atoms with Gasteiger partial charge in [0.2, 0.25) is 11.8 Å². The minimum absolute atomic E-state index is 0.110. The van der Waals surface area contributed by atoms with E-state index in [2.05, 4.69) is 34.6 Å². The van der Waals surface area contributed by atoms with Crippen LogP contribution in [0, 0.1) is 6.92 Å². The highest BCUT2D eigenvalue weighted by molar-refractivity contribution is 5.94. The zero-order valence-electron chi connectivity index (χ0n) is 19.2. The molecule has 172 valence electrons. The van der Waals surface area contributed by atoms with E-state index in [0.29, 0.717) is 24.7 Å². The molecule has 2 heterocycles. The number of aryl methyl sites for hydroxylation is 2. The van der Waals surface area contributed by atoms with Crippen molar-refractivity contribution in [2.45, 2.75) is 45.6 Å².